The number of fused-ring (bicyclic) bond motifs is 1. The standard InChI is InChI=1S/C10H11ClN4/c11-9-8-10(13-5-12-9)14-6-15(8)7-3-1-2-4-7/h1-2,5,7H,3-4,6H2,(H,12,13,14). The molecule has 0 radical (unpaired) electrons. The smallest absolute Gasteiger partial charge is 0.158 e. The van der Waals surface area contributed by atoms with E-state index in [1.54, 1.807) is 0 Å². The number of rotatable bonds is 1. The monoisotopic (exact) mass is 222 g/mol. The SMILES string of the molecule is Clc1ncnc2c1N(C1CC=CC1)CN2. The minimum absolute atomic E-state index is 0.502. The van der Waals surface area contributed by atoms with E-state index in [1.807, 2.05) is 0 Å². The summed E-state index contributed by atoms with van der Waals surface area (Å²) in [5.41, 5.74) is 0.952. The highest BCUT2D eigenvalue weighted by molar-refractivity contribution is 6.32. The van der Waals surface area contributed by atoms with E-state index in [0.29, 0.717) is 11.2 Å². The Morgan fingerprint density at radius 3 is 2.93 bits per heavy atom. The molecule has 1 aliphatic carbocycles. The van der Waals surface area contributed by atoms with Crippen LogP contribution in [0, 0.1) is 0 Å². The zero-order valence-electron chi connectivity index (χ0n) is 8.15. The Hall–Kier alpha value is -1.29. The first kappa shape index (κ1) is 8.97. The molecule has 2 aliphatic rings. The molecule has 0 fully saturated rings. The largest absolute Gasteiger partial charge is 0.351 e. The van der Waals surface area contributed by atoms with Crippen LogP contribution in [0.15, 0.2) is 18.5 Å². The van der Waals surface area contributed by atoms with Crippen LogP contribution in [0.4, 0.5) is 11.5 Å². The van der Waals surface area contributed by atoms with Crippen LogP contribution in [0.3, 0.4) is 0 Å². The number of nitrogens with one attached hydrogen (secondary N) is 1. The van der Waals surface area contributed by atoms with E-state index in [9.17, 15) is 0 Å². The first-order valence-corrected chi connectivity index (χ1v) is 5.40. The lowest BCUT2D eigenvalue weighted by molar-refractivity contribution is 0.655. The van der Waals surface area contributed by atoms with Gasteiger partial charge in [-0.25, -0.2) is 9.97 Å². The van der Waals surface area contributed by atoms with Crippen molar-refractivity contribution in [3.8, 4) is 0 Å². The lowest BCUT2D eigenvalue weighted by Crippen LogP contribution is -2.33. The number of nitrogens with zero attached hydrogens (tertiary/aromatic N) is 3. The second kappa shape index (κ2) is 3.38. The van der Waals surface area contributed by atoms with Crippen molar-refractivity contribution in [2.45, 2.75) is 18.9 Å². The highest BCUT2D eigenvalue weighted by Gasteiger charge is 2.29. The second-order valence-corrected chi connectivity index (χ2v) is 4.12. The Balaban J connectivity index is 1.96. The maximum atomic E-state index is 6.09. The van der Waals surface area contributed by atoms with Gasteiger partial charge >= 0.3 is 0 Å². The third-order valence-electron chi connectivity index (χ3n) is 2.91. The van der Waals surface area contributed by atoms with E-state index in [-0.39, 0.29) is 0 Å². The summed E-state index contributed by atoms with van der Waals surface area (Å²) in [7, 11) is 0. The topological polar surface area (TPSA) is 41.1 Å². The molecule has 3 rings (SSSR count). The van der Waals surface area contributed by atoms with Gasteiger partial charge in [0.1, 0.15) is 12.0 Å². The van der Waals surface area contributed by atoms with Crippen molar-refractivity contribution in [2.24, 2.45) is 0 Å². The number of halogens is 1. The Labute approximate surface area is 93.0 Å². The van der Waals surface area contributed by atoms with Crippen LogP contribution in [0.5, 0.6) is 0 Å². The fourth-order valence-electron chi connectivity index (χ4n) is 2.15. The van der Waals surface area contributed by atoms with Crippen LogP contribution in [0.2, 0.25) is 5.15 Å². The first-order chi connectivity index (χ1) is 7.36. The van der Waals surface area contributed by atoms with Crippen LogP contribution in [0.25, 0.3) is 0 Å². The van der Waals surface area contributed by atoms with Crippen LogP contribution in [-0.2, 0) is 0 Å². The van der Waals surface area contributed by atoms with Crippen molar-refractivity contribution >= 4 is 23.1 Å². The van der Waals surface area contributed by atoms with E-state index in [1.165, 1.54) is 6.33 Å². The molecule has 4 nitrogen and oxygen atoms in total. The molecule has 1 aliphatic heterocycles. The average molecular weight is 223 g/mol. The molecule has 0 saturated carbocycles. The number of anilines is 2. The van der Waals surface area contributed by atoms with Gasteiger partial charge in [0.25, 0.3) is 0 Å². The Kier molecular flexibility index (Phi) is 2.02. The Bertz CT molecular complexity index is 410. The maximum absolute atomic E-state index is 6.09. The molecule has 2 heterocycles. The molecule has 5 heteroatoms. The van der Waals surface area contributed by atoms with E-state index in [0.717, 1.165) is 31.0 Å². The van der Waals surface area contributed by atoms with E-state index in [2.05, 4.69) is 32.3 Å². The molecular formula is C10H11ClN4. The van der Waals surface area contributed by atoms with Gasteiger partial charge < -0.3 is 10.2 Å². The van der Waals surface area contributed by atoms with Crippen LogP contribution in [0.1, 0.15) is 12.8 Å². The molecule has 0 aromatic carbocycles. The fraction of sp³-hybridized carbons (Fsp3) is 0.400. The Morgan fingerprint density at radius 2 is 2.13 bits per heavy atom. The van der Waals surface area contributed by atoms with Crippen molar-refractivity contribution in [3.05, 3.63) is 23.6 Å². The van der Waals surface area contributed by atoms with Crippen molar-refractivity contribution in [1.29, 1.82) is 0 Å². The minimum Gasteiger partial charge on any atom is -0.351 e. The van der Waals surface area contributed by atoms with Gasteiger partial charge in [-0.2, -0.15) is 0 Å². The van der Waals surface area contributed by atoms with Gasteiger partial charge in [-0.05, 0) is 12.8 Å². The summed E-state index contributed by atoms with van der Waals surface area (Å²) in [6.45, 7) is 0.778. The molecule has 0 amide bonds. The summed E-state index contributed by atoms with van der Waals surface area (Å²) in [6.07, 6.45) is 8.06. The average Bonchev–Trinajstić information content (AvgIpc) is 2.85. The van der Waals surface area contributed by atoms with Gasteiger partial charge in [-0.3, -0.25) is 0 Å². The first-order valence-electron chi connectivity index (χ1n) is 5.02. The normalized spacial score (nSPS) is 19.4. The summed E-state index contributed by atoms with van der Waals surface area (Å²) in [6, 6.07) is 0.502. The van der Waals surface area contributed by atoms with Crippen molar-refractivity contribution in [1.82, 2.24) is 9.97 Å². The zero-order valence-corrected chi connectivity index (χ0v) is 8.91. The molecule has 1 N–H and O–H groups in total. The highest BCUT2D eigenvalue weighted by atomic mass is 35.5. The van der Waals surface area contributed by atoms with Crippen molar-refractivity contribution < 1.29 is 0 Å². The third kappa shape index (κ3) is 1.36. The summed E-state index contributed by atoms with van der Waals surface area (Å²) in [4.78, 5) is 10.4. The van der Waals surface area contributed by atoms with Gasteiger partial charge in [0.15, 0.2) is 11.0 Å². The third-order valence-corrected chi connectivity index (χ3v) is 3.18. The van der Waals surface area contributed by atoms with Crippen LogP contribution < -0.4 is 10.2 Å². The van der Waals surface area contributed by atoms with E-state index < -0.39 is 0 Å². The molecular weight excluding hydrogens is 212 g/mol. The van der Waals surface area contributed by atoms with Gasteiger partial charge in [0.2, 0.25) is 0 Å². The molecule has 15 heavy (non-hydrogen) atoms. The molecule has 1 aromatic rings. The molecule has 0 saturated heterocycles. The molecule has 0 bridgehead atoms. The van der Waals surface area contributed by atoms with Gasteiger partial charge in [0, 0.05) is 6.04 Å². The van der Waals surface area contributed by atoms with E-state index in [4.69, 9.17) is 11.6 Å². The molecule has 1 aromatic heterocycles. The molecule has 0 spiro atoms. The summed E-state index contributed by atoms with van der Waals surface area (Å²) in [5, 5.41) is 3.77. The Morgan fingerprint density at radius 1 is 1.33 bits per heavy atom. The van der Waals surface area contributed by atoms with Crippen LogP contribution in [-0.4, -0.2) is 22.7 Å². The second-order valence-electron chi connectivity index (χ2n) is 3.76. The lowest BCUT2D eigenvalue weighted by atomic mass is 10.2. The quantitative estimate of drug-likeness (QED) is 0.583. The zero-order chi connectivity index (χ0) is 10.3. The number of hydrogen-bond donors (Lipinski definition) is 1. The lowest BCUT2D eigenvalue weighted by Gasteiger charge is -2.25. The minimum atomic E-state index is 0.502. The number of aromatic nitrogens is 2. The number of hydrogen-bond acceptors (Lipinski definition) is 4. The van der Waals surface area contributed by atoms with Gasteiger partial charge in [-0.1, -0.05) is 23.8 Å². The van der Waals surface area contributed by atoms with Gasteiger partial charge in [-0.15, -0.1) is 0 Å². The summed E-state index contributed by atoms with van der Waals surface area (Å²) in [5.74, 6) is 0.849. The summed E-state index contributed by atoms with van der Waals surface area (Å²) >= 11 is 6.09. The highest BCUT2D eigenvalue weighted by Crippen LogP contribution is 2.37. The predicted octanol–water partition coefficient (Wildman–Crippen LogP) is 2.04. The fourth-order valence-corrected chi connectivity index (χ4v) is 2.39. The maximum Gasteiger partial charge on any atom is 0.158 e. The summed E-state index contributed by atoms with van der Waals surface area (Å²) < 4.78 is 0. The van der Waals surface area contributed by atoms with Crippen molar-refractivity contribution in [2.75, 3.05) is 16.9 Å². The molecule has 0 unspecified atom stereocenters. The van der Waals surface area contributed by atoms with Gasteiger partial charge in [0.05, 0.1) is 6.67 Å². The molecule has 78 valence electrons. The van der Waals surface area contributed by atoms with E-state index >= 15 is 0 Å². The van der Waals surface area contributed by atoms with Crippen LogP contribution >= 0.6 is 11.6 Å². The molecule has 0 atom stereocenters. The van der Waals surface area contributed by atoms with Crippen molar-refractivity contribution in [3.63, 3.8) is 0 Å². The predicted molar refractivity (Wildman–Crippen MR) is 60.2 cm³/mol.